The summed E-state index contributed by atoms with van der Waals surface area (Å²) >= 11 is 0. The summed E-state index contributed by atoms with van der Waals surface area (Å²) in [5.74, 6) is 0.559. The molecular weight excluding hydrogens is 822 g/mol. The Hall–Kier alpha value is -7.76. The minimum Gasteiger partial charge on any atom is -0.455 e. The molecule has 1 atom stereocenters. The smallest absolute Gasteiger partial charge is 0.145 e. The van der Waals surface area contributed by atoms with Crippen molar-refractivity contribution in [3.05, 3.63) is 233 Å². The number of fused-ring (bicyclic) bond motifs is 14. The molecule has 0 aliphatic heterocycles. The zero-order valence-electron chi connectivity index (χ0n) is 38.6. The van der Waals surface area contributed by atoms with Gasteiger partial charge >= 0.3 is 0 Å². The molecule has 0 bridgehead atoms. The van der Waals surface area contributed by atoms with E-state index in [2.05, 4.69) is 203 Å². The fraction of sp³-hybridized carbons (Fsp3) is 0.145. The van der Waals surface area contributed by atoms with E-state index in [1.54, 1.807) is 6.07 Å². The van der Waals surface area contributed by atoms with E-state index in [0.717, 1.165) is 95.1 Å². The third kappa shape index (κ3) is 6.14. The first-order valence-corrected chi connectivity index (χ1v) is 23.2. The fourth-order valence-corrected chi connectivity index (χ4v) is 11.0. The molecule has 2 aliphatic carbocycles. The van der Waals surface area contributed by atoms with Gasteiger partial charge in [0.25, 0.3) is 0 Å². The molecule has 326 valence electrons. The van der Waals surface area contributed by atoms with Crippen molar-refractivity contribution in [2.75, 3.05) is 9.80 Å². The van der Waals surface area contributed by atoms with Crippen molar-refractivity contribution in [2.24, 2.45) is 0 Å². The number of rotatable bonds is 6. The highest BCUT2D eigenvalue weighted by Gasteiger charge is 2.54. The summed E-state index contributed by atoms with van der Waals surface area (Å²) in [6, 6.07) is 66.0. The molecule has 5 heteroatoms. The van der Waals surface area contributed by atoms with Crippen LogP contribution in [0.1, 0.15) is 74.9 Å². The van der Waals surface area contributed by atoms with Gasteiger partial charge in [0.15, 0.2) is 0 Å². The van der Waals surface area contributed by atoms with E-state index in [4.69, 9.17) is 9.40 Å². The highest BCUT2D eigenvalue weighted by atomic mass is 19.1. The Morgan fingerprint density at radius 2 is 1.07 bits per heavy atom. The van der Waals surface area contributed by atoms with E-state index in [1.807, 2.05) is 36.5 Å². The van der Waals surface area contributed by atoms with Gasteiger partial charge in [-0.3, -0.25) is 4.90 Å². The number of benzene rings is 8. The molecule has 0 saturated carbocycles. The molecule has 4 nitrogen and oxygen atoms in total. The van der Waals surface area contributed by atoms with Crippen LogP contribution in [-0.4, -0.2) is 4.98 Å². The highest BCUT2D eigenvalue weighted by molar-refractivity contribution is 6.20. The number of hydrogen-bond donors (Lipinski definition) is 0. The molecule has 10 aromatic rings. The maximum Gasteiger partial charge on any atom is 0.145 e. The molecule has 0 saturated heterocycles. The van der Waals surface area contributed by atoms with Crippen LogP contribution < -0.4 is 9.80 Å². The Labute approximate surface area is 391 Å². The van der Waals surface area contributed by atoms with Crippen molar-refractivity contribution in [3.8, 4) is 22.3 Å². The van der Waals surface area contributed by atoms with Gasteiger partial charge in [-0.1, -0.05) is 151 Å². The van der Waals surface area contributed by atoms with Gasteiger partial charge in [0, 0.05) is 45.5 Å². The zero-order chi connectivity index (χ0) is 45.8. The van der Waals surface area contributed by atoms with E-state index in [-0.39, 0.29) is 16.6 Å². The number of anilines is 6. The summed E-state index contributed by atoms with van der Waals surface area (Å²) in [5.41, 5.74) is 15.8. The summed E-state index contributed by atoms with van der Waals surface area (Å²) in [5, 5.41) is 2.05. The normalized spacial score (nSPS) is 14.9. The SMILES string of the molecule is CC(C)(C)c1ccc(N(c2ccc3c(c2)C2(c4ccccc4-c4c(F)cccc42)c2cc(N(c4ccccc4)c4ccc(C(C)(C)C)cc4)c4c(oc5ccccc54)c2-3)c2ccccn2)cc1. The van der Waals surface area contributed by atoms with E-state index >= 15 is 4.39 Å². The average Bonchev–Trinajstić information content (AvgIpc) is 3.97. The minimum absolute atomic E-state index is 0.00851. The molecule has 2 heterocycles. The first-order chi connectivity index (χ1) is 32.4. The predicted molar refractivity (Wildman–Crippen MR) is 275 cm³/mol. The molecule has 0 N–H and O–H groups in total. The topological polar surface area (TPSA) is 32.5 Å². The Bertz CT molecular complexity index is 3550. The number of aromatic nitrogens is 1. The van der Waals surface area contributed by atoms with Crippen LogP contribution in [0.3, 0.4) is 0 Å². The van der Waals surface area contributed by atoms with Crippen LogP contribution in [-0.2, 0) is 16.2 Å². The Balaban J connectivity index is 1.20. The molecule has 67 heavy (non-hydrogen) atoms. The Morgan fingerprint density at radius 1 is 0.478 bits per heavy atom. The van der Waals surface area contributed by atoms with Crippen LogP contribution in [0.25, 0.3) is 44.2 Å². The molecule has 0 fully saturated rings. The van der Waals surface area contributed by atoms with E-state index < -0.39 is 5.41 Å². The van der Waals surface area contributed by atoms with Crippen molar-refractivity contribution in [3.63, 3.8) is 0 Å². The largest absolute Gasteiger partial charge is 0.455 e. The standard InChI is InChI=1S/C62H50FN3O/c1-60(2,3)39-26-30-42(31-27-39)65(41-17-8-7-9-18-41)53-38-51-57(59-58(53)47-20-11-13-24-54(47)67-59)46-35-34-44(66(55-25-14-15-36-64-55)43-32-28-40(29-33-43)61(4,5)6)37-50(46)62(51)48-21-12-10-19-45(48)56-49(62)22-16-23-52(56)63/h7-38H,1-6H3. The van der Waals surface area contributed by atoms with Gasteiger partial charge in [-0.05, 0) is 134 Å². The number of pyridine rings is 1. The first-order valence-electron chi connectivity index (χ1n) is 23.2. The van der Waals surface area contributed by atoms with Crippen LogP contribution in [0.2, 0.25) is 0 Å². The summed E-state index contributed by atoms with van der Waals surface area (Å²) < 4.78 is 24.1. The van der Waals surface area contributed by atoms with Crippen molar-refractivity contribution in [1.29, 1.82) is 0 Å². The highest BCUT2D eigenvalue weighted by Crippen LogP contribution is 2.66. The molecular formula is C62H50FN3O. The second kappa shape index (κ2) is 14.9. The summed E-state index contributed by atoms with van der Waals surface area (Å²) in [6.45, 7) is 13.5. The van der Waals surface area contributed by atoms with Crippen LogP contribution in [0, 0.1) is 5.82 Å². The van der Waals surface area contributed by atoms with E-state index in [0.29, 0.717) is 5.56 Å². The van der Waals surface area contributed by atoms with E-state index in [1.165, 1.54) is 11.1 Å². The monoisotopic (exact) mass is 871 g/mol. The maximum atomic E-state index is 16.8. The summed E-state index contributed by atoms with van der Waals surface area (Å²) in [7, 11) is 0. The number of halogens is 1. The lowest BCUT2D eigenvalue weighted by atomic mass is 9.70. The van der Waals surface area contributed by atoms with Gasteiger partial charge in [0.05, 0.1) is 16.5 Å². The molecule has 8 aromatic carbocycles. The first kappa shape index (κ1) is 40.7. The van der Waals surface area contributed by atoms with Crippen molar-refractivity contribution in [1.82, 2.24) is 4.98 Å². The number of nitrogens with zero attached hydrogens (tertiary/aromatic N) is 3. The molecule has 0 radical (unpaired) electrons. The fourth-order valence-electron chi connectivity index (χ4n) is 11.0. The molecule has 2 aromatic heterocycles. The third-order valence-corrected chi connectivity index (χ3v) is 14.1. The van der Waals surface area contributed by atoms with Gasteiger partial charge in [0.2, 0.25) is 0 Å². The molecule has 2 aliphatic rings. The zero-order valence-corrected chi connectivity index (χ0v) is 38.6. The predicted octanol–water partition coefficient (Wildman–Crippen LogP) is 17.0. The van der Waals surface area contributed by atoms with Gasteiger partial charge in [-0.15, -0.1) is 0 Å². The van der Waals surface area contributed by atoms with Crippen LogP contribution in [0.5, 0.6) is 0 Å². The molecule has 1 unspecified atom stereocenters. The average molecular weight is 872 g/mol. The lowest BCUT2D eigenvalue weighted by Gasteiger charge is -2.33. The molecule has 12 rings (SSSR count). The maximum absolute atomic E-state index is 16.8. The number of para-hydroxylation sites is 2. The van der Waals surface area contributed by atoms with Gasteiger partial charge < -0.3 is 9.32 Å². The lowest BCUT2D eigenvalue weighted by Crippen LogP contribution is -2.26. The molecule has 1 spiro atoms. The van der Waals surface area contributed by atoms with Crippen molar-refractivity contribution in [2.45, 2.75) is 57.8 Å². The second-order valence-corrected chi connectivity index (χ2v) is 20.1. The van der Waals surface area contributed by atoms with Crippen LogP contribution in [0.15, 0.2) is 199 Å². The summed E-state index contributed by atoms with van der Waals surface area (Å²) in [6.07, 6.45) is 1.85. The molecule has 0 amide bonds. The van der Waals surface area contributed by atoms with Crippen molar-refractivity contribution >= 4 is 56.2 Å². The minimum atomic E-state index is -0.930. The quantitative estimate of drug-likeness (QED) is 0.167. The van der Waals surface area contributed by atoms with Gasteiger partial charge in [-0.2, -0.15) is 0 Å². The Kier molecular flexibility index (Phi) is 9.05. The lowest BCUT2D eigenvalue weighted by molar-refractivity contribution is 0.590. The van der Waals surface area contributed by atoms with Crippen LogP contribution >= 0.6 is 0 Å². The Morgan fingerprint density at radius 3 is 1.78 bits per heavy atom. The second-order valence-electron chi connectivity index (χ2n) is 20.1. The number of furan rings is 1. The van der Waals surface area contributed by atoms with Gasteiger partial charge in [0.1, 0.15) is 22.8 Å². The van der Waals surface area contributed by atoms with Crippen molar-refractivity contribution < 1.29 is 8.81 Å². The number of hydrogen-bond acceptors (Lipinski definition) is 4. The summed E-state index contributed by atoms with van der Waals surface area (Å²) in [4.78, 5) is 9.54. The van der Waals surface area contributed by atoms with E-state index in [9.17, 15) is 0 Å². The van der Waals surface area contributed by atoms with Gasteiger partial charge in [-0.25, -0.2) is 9.37 Å². The third-order valence-electron chi connectivity index (χ3n) is 14.1. The van der Waals surface area contributed by atoms with Crippen LogP contribution in [0.4, 0.5) is 38.6 Å².